The average Bonchev–Trinajstić information content (AvgIpc) is 2.99. The SMILES string of the molecule is CC(C#N)SC1=N/C(=C\c2ccc(Cl)cc2Cl)C(=O)N1c1ccc(OC(F)F)cc1. The summed E-state index contributed by atoms with van der Waals surface area (Å²) >= 11 is 13.2. The molecule has 0 fully saturated rings. The number of carbonyl (C=O) groups is 1. The van der Waals surface area contributed by atoms with Gasteiger partial charge in [-0.15, -0.1) is 0 Å². The van der Waals surface area contributed by atoms with Crippen molar-refractivity contribution in [2.45, 2.75) is 18.8 Å². The molecule has 154 valence electrons. The second-order valence-electron chi connectivity index (χ2n) is 5.99. The monoisotopic (exact) mass is 467 g/mol. The van der Waals surface area contributed by atoms with E-state index in [1.807, 2.05) is 0 Å². The van der Waals surface area contributed by atoms with Crippen LogP contribution < -0.4 is 9.64 Å². The van der Waals surface area contributed by atoms with Crippen LogP contribution >= 0.6 is 35.0 Å². The molecular weight excluding hydrogens is 455 g/mol. The number of ether oxygens (including phenoxy) is 1. The standard InChI is InChI=1S/C20H13Cl2F2N3O2S/c1-11(10-25)30-20-26-17(8-12-2-3-13(21)9-16(12)22)18(28)27(20)14-4-6-15(7-5-14)29-19(23)24/h2-9,11,19H,1H3/b17-8-. The Balaban J connectivity index is 1.97. The van der Waals surface area contributed by atoms with Crippen LogP contribution in [0.5, 0.6) is 5.75 Å². The second-order valence-corrected chi connectivity index (χ2v) is 8.14. The van der Waals surface area contributed by atoms with Gasteiger partial charge in [0, 0.05) is 10.0 Å². The molecule has 1 amide bonds. The smallest absolute Gasteiger partial charge is 0.387 e. The van der Waals surface area contributed by atoms with E-state index in [0.717, 1.165) is 11.8 Å². The highest BCUT2D eigenvalue weighted by molar-refractivity contribution is 8.15. The number of nitriles is 1. The molecule has 30 heavy (non-hydrogen) atoms. The molecule has 2 aromatic rings. The molecule has 5 nitrogen and oxygen atoms in total. The van der Waals surface area contributed by atoms with Crippen molar-refractivity contribution in [2.75, 3.05) is 4.90 Å². The van der Waals surface area contributed by atoms with Crippen LogP contribution in [0.25, 0.3) is 6.08 Å². The Bertz CT molecular complexity index is 1070. The van der Waals surface area contributed by atoms with Crippen molar-refractivity contribution < 1.29 is 18.3 Å². The van der Waals surface area contributed by atoms with Gasteiger partial charge in [0.05, 0.1) is 17.0 Å². The van der Waals surface area contributed by atoms with E-state index < -0.39 is 17.8 Å². The zero-order valence-electron chi connectivity index (χ0n) is 15.4. The number of hydrogen-bond donors (Lipinski definition) is 0. The van der Waals surface area contributed by atoms with E-state index in [4.69, 9.17) is 28.5 Å². The molecule has 10 heteroatoms. The average molecular weight is 468 g/mol. The van der Waals surface area contributed by atoms with Crippen molar-refractivity contribution in [3.8, 4) is 11.8 Å². The Morgan fingerprint density at radius 3 is 2.53 bits per heavy atom. The summed E-state index contributed by atoms with van der Waals surface area (Å²) in [5.74, 6) is -0.489. The molecule has 1 atom stereocenters. The number of amides is 1. The molecular formula is C20H13Cl2F2N3O2S. The highest BCUT2D eigenvalue weighted by atomic mass is 35.5. The Hall–Kier alpha value is -2.60. The summed E-state index contributed by atoms with van der Waals surface area (Å²) in [5, 5.41) is 9.76. The molecule has 0 spiro atoms. The summed E-state index contributed by atoms with van der Waals surface area (Å²) in [6, 6.07) is 12.5. The van der Waals surface area contributed by atoms with Crippen LogP contribution in [0.4, 0.5) is 14.5 Å². The van der Waals surface area contributed by atoms with Crippen LogP contribution in [-0.2, 0) is 4.79 Å². The minimum Gasteiger partial charge on any atom is -0.435 e. The molecule has 1 aliphatic heterocycles. The maximum absolute atomic E-state index is 13.1. The molecule has 0 aliphatic carbocycles. The minimum absolute atomic E-state index is 0.0411. The number of amidine groups is 1. The zero-order chi connectivity index (χ0) is 21.8. The number of halogens is 4. The summed E-state index contributed by atoms with van der Waals surface area (Å²) in [4.78, 5) is 18.7. The summed E-state index contributed by atoms with van der Waals surface area (Å²) in [5.41, 5.74) is 1.05. The van der Waals surface area contributed by atoms with Gasteiger partial charge in [-0.05, 0) is 55.0 Å². The normalized spacial score (nSPS) is 16.0. The van der Waals surface area contributed by atoms with Crippen molar-refractivity contribution in [2.24, 2.45) is 4.99 Å². The lowest BCUT2D eigenvalue weighted by atomic mass is 10.2. The van der Waals surface area contributed by atoms with Gasteiger partial charge in [0.2, 0.25) is 0 Å². The number of aliphatic imine (C=N–C) groups is 1. The van der Waals surface area contributed by atoms with Gasteiger partial charge in [0.15, 0.2) is 5.17 Å². The molecule has 1 aliphatic rings. The third-order valence-corrected chi connectivity index (χ3v) is 5.37. The first-order valence-corrected chi connectivity index (χ1v) is 10.1. The second kappa shape index (κ2) is 9.47. The maximum atomic E-state index is 13.1. The maximum Gasteiger partial charge on any atom is 0.387 e. The predicted molar refractivity (Wildman–Crippen MR) is 115 cm³/mol. The van der Waals surface area contributed by atoms with Crippen molar-refractivity contribution in [3.05, 3.63) is 63.8 Å². The summed E-state index contributed by atoms with van der Waals surface area (Å²) in [6.45, 7) is -1.28. The van der Waals surface area contributed by atoms with Crippen LogP contribution in [0.2, 0.25) is 10.0 Å². The molecule has 1 heterocycles. The van der Waals surface area contributed by atoms with E-state index >= 15 is 0 Å². The summed E-state index contributed by atoms with van der Waals surface area (Å²) in [7, 11) is 0. The first-order valence-electron chi connectivity index (χ1n) is 8.49. The summed E-state index contributed by atoms with van der Waals surface area (Å²) < 4.78 is 29.1. The van der Waals surface area contributed by atoms with E-state index in [0.29, 0.717) is 21.3 Å². The number of benzene rings is 2. The third kappa shape index (κ3) is 5.11. The van der Waals surface area contributed by atoms with Gasteiger partial charge in [0.1, 0.15) is 11.4 Å². The van der Waals surface area contributed by atoms with Gasteiger partial charge < -0.3 is 4.74 Å². The minimum atomic E-state index is -2.95. The van der Waals surface area contributed by atoms with E-state index in [1.54, 1.807) is 25.1 Å². The van der Waals surface area contributed by atoms with Gasteiger partial charge in [-0.25, -0.2) is 4.99 Å². The van der Waals surface area contributed by atoms with Gasteiger partial charge in [-0.1, -0.05) is 41.0 Å². The number of nitrogens with zero attached hydrogens (tertiary/aromatic N) is 3. The van der Waals surface area contributed by atoms with Gasteiger partial charge in [-0.2, -0.15) is 14.0 Å². The van der Waals surface area contributed by atoms with E-state index in [-0.39, 0.29) is 16.6 Å². The molecule has 0 saturated heterocycles. The lowest BCUT2D eigenvalue weighted by Gasteiger charge is -2.18. The van der Waals surface area contributed by atoms with Crippen LogP contribution in [-0.4, -0.2) is 22.9 Å². The first kappa shape index (κ1) is 22.1. The fraction of sp³-hybridized carbons (Fsp3) is 0.150. The fourth-order valence-electron chi connectivity index (χ4n) is 2.53. The number of anilines is 1. The molecule has 0 radical (unpaired) electrons. The summed E-state index contributed by atoms with van der Waals surface area (Å²) in [6.07, 6.45) is 1.52. The number of carbonyl (C=O) groups excluding carboxylic acids is 1. The van der Waals surface area contributed by atoms with E-state index in [2.05, 4.69) is 15.8 Å². The van der Waals surface area contributed by atoms with E-state index in [9.17, 15) is 13.6 Å². The Labute approximate surface area is 185 Å². The quantitative estimate of drug-likeness (QED) is 0.506. The van der Waals surface area contributed by atoms with E-state index in [1.165, 1.54) is 35.2 Å². The van der Waals surface area contributed by atoms with Crippen LogP contribution in [0.15, 0.2) is 53.2 Å². The molecule has 0 bridgehead atoms. The number of hydrogen-bond acceptors (Lipinski definition) is 5. The highest BCUT2D eigenvalue weighted by Gasteiger charge is 2.33. The van der Waals surface area contributed by atoms with Crippen molar-refractivity contribution in [1.82, 2.24) is 0 Å². The molecule has 1 unspecified atom stereocenters. The molecule has 3 rings (SSSR count). The molecule has 2 aromatic carbocycles. The highest BCUT2D eigenvalue weighted by Crippen LogP contribution is 2.33. The van der Waals surface area contributed by atoms with Gasteiger partial charge >= 0.3 is 6.61 Å². The van der Waals surface area contributed by atoms with Crippen LogP contribution in [0.1, 0.15) is 12.5 Å². The topological polar surface area (TPSA) is 65.7 Å². The zero-order valence-corrected chi connectivity index (χ0v) is 17.7. The number of alkyl halides is 2. The largest absolute Gasteiger partial charge is 0.435 e. The van der Waals surface area contributed by atoms with Gasteiger partial charge in [0.25, 0.3) is 5.91 Å². The first-order chi connectivity index (χ1) is 14.3. The van der Waals surface area contributed by atoms with Crippen molar-refractivity contribution in [3.63, 3.8) is 0 Å². The number of rotatable bonds is 5. The fourth-order valence-corrected chi connectivity index (χ4v) is 3.81. The predicted octanol–water partition coefficient (Wildman–Crippen LogP) is 5.98. The van der Waals surface area contributed by atoms with Crippen molar-refractivity contribution in [1.29, 1.82) is 5.26 Å². The Morgan fingerprint density at radius 1 is 1.23 bits per heavy atom. The Kier molecular flexibility index (Phi) is 6.98. The Morgan fingerprint density at radius 2 is 1.93 bits per heavy atom. The van der Waals surface area contributed by atoms with Crippen molar-refractivity contribution >= 4 is 57.8 Å². The van der Waals surface area contributed by atoms with Gasteiger partial charge in [-0.3, -0.25) is 9.69 Å². The lowest BCUT2D eigenvalue weighted by molar-refractivity contribution is -0.113. The molecule has 0 saturated carbocycles. The van der Waals surface area contributed by atoms with Crippen LogP contribution in [0.3, 0.4) is 0 Å². The molecule has 0 N–H and O–H groups in total. The number of thioether (sulfide) groups is 1. The van der Waals surface area contributed by atoms with Crippen LogP contribution in [0, 0.1) is 11.3 Å². The lowest BCUT2D eigenvalue weighted by Crippen LogP contribution is -2.31. The molecule has 0 aromatic heterocycles. The third-order valence-electron chi connectivity index (χ3n) is 3.87.